The van der Waals surface area contributed by atoms with Crippen molar-refractivity contribution in [3.05, 3.63) is 60.2 Å². The maximum Gasteiger partial charge on any atom is 0.322 e. The molecule has 1 aliphatic rings. The Kier molecular flexibility index (Phi) is 5.58. The second-order valence-electron chi connectivity index (χ2n) is 6.33. The maximum absolute atomic E-state index is 12.6. The Morgan fingerprint density at radius 1 is 1.12 bits per heavy atom. The molecule has 1 aliphatic heterocycles. The average molecular weight is 374 g/mol. The molecule has 0 radical (unpaired) electrons. The third-order valence-corrected chi connectivity index (χ3v) is 6.24. The number of sulfone groups is 1. The predicted molar refractivity (Wildman–Crippen MR) is 99.6 cm³/mol. The lowest BCUT2D eigenvalue weighted by Gasteiger charge is -2.24. The van der Waals surface area contributed by atoms with Crippen LogP contribution in [0.25, 0.3) is 0 Å². The minimum absolute atomic E-state index is 0.0720. The second-order valence-corrected chi connectivity index (χ2v) is 8.32. The molecule has 7 heteroatoms. The molecule has 2 aromatic carbocycles. The van der Waals surface area contributed by atoms with Gasteiger partial charge in [0, 0.05) is 12.2 Å². The number of aliphatic hydroxyl groups is 1. The summed E-state index contributed by atoms with van der Waals surface area (Å²) in [6, 6.07) is 14.6. The molecule has 0 aromatic heterocycles. The molecule has 26 heavy (non-hydrogen) atoms. The van der Waals surface area contributed by atoms with Gasteiger partial charge in [-0.25, -0.2) is 13.2 Å². The van der Waals surface area contributed by atoms with Crippen LogP contribution in [0, 0.1) is 0 Å². The standard InChI is InChI=1S/C19H22N2O4S/c22-13-16-8-6-12-21(16)19(23)20-18-11-5-4-7-15(18)14-26(24,25)17-9-2-1-3-10-17/h1-5,7,9-11,16,22H,6,8,12-14H2,(H,20,23)/t16-/m1/s1. The van der Waals surface area contributed by atoms with Gasteiger partial charge in [-0.2, -0.15) is 0 Å². The van der Waals surface area contributed by atoms with Crippen LogP contribution in [0.5, 0.6) is 0 Å². The lowest BCUT2D eigenvalue weighted by atomic mass is 10.2. The van der Waals surface area contributed by atoms with E-state index in [2.05, 4.69) is 5.32 Å². The highest BCUT2D eigenvalue weighted by molar-refractivity contribution is 7.90. The highest BCUT2D eigenvalue weighted by Crippen LogP contribution is 2.24. The van der Waals surface area contributed by atoms with Crippen molar-refractivity contribution >= 4 is 21.6 Å². The summed E-state index contributed by atoms with van der Waals surface area (Å²) in [7, 11) is -3.51. The van der Waals surface area contributed by atoms with Gasteiger partial charge in [0.05, 0.1) is 23.3 Å². The largest absolute Gasteiger partial charge is 0.394 e. The predicted octanol–water partition coefficient (Wildman–Crippen LogP) is 2.65. The number of benzene rings is 2. The van der Waals surface area contributed by atoms with E-state index in [4.69, 9.17) is 0 Å². The van der Waals surface area contributed by atoms with Crippen molar-refractivity contribution < 1.29 is 18.3 Å². The first-order valence-electron chi connectivity index (χ1n) is 8.55. The van der Waals surface area contributed by atoms with Crippen LogP contribution in [-0.2, 0) is 15.6 Å². The Hall–Kier alpha value is -2.38. The molecule has 0 aliphatic carbocycles. The zero-order valence-corrected chi connectivity index (χ0v) is 15.2. The van der Waals surface area contributed by atoms with Gasteiger partial charge < -0.3 is 15.3 Å². The summed E-state index contributed by atoms with van der Waals surface area (Å²) < 4.78 is 25.3. The number of rotatable bonds is 5. The monoisotopic (exact) mass is 374 g/mol. The maximum atomic E-state index is 12.6. The number of likely N-dealkylation sites (tertiary alicyclic amines) is 1. The van der Waals surface area contributed by atoms with Crippen molar-refractivity contribution in [2.24, 2.45) is 0 Å². The molecule has 3 rings (SSSR count). The van der Waals surface area contributed by atoms with Gasteiger partial charge in [-0.1, -0.05) is 36.4 Å². The summed E-state index contributed by atoms with van der Waals surface area (Å²) in [5.74, 6) is -0.198. The lowest BCUT2D eigenvalue weighted by molar-refractivity contribution is 0.166. The number of anilines is 1. The van der Waals surface area contributed by atoms with Crippen molar-refractivity contribution in [3.63, 3.8) is 0 Å². The Labute approximate surface area is 153 Å². The van der Waals surface area contributed by atoms with Crippen LogP contribution < -0.4 is 5.32 Å². The zero-order chi connectivity index (χ0) is 18.6. The van der Waals surface area contributed by atoms with Crippen LogP contribution in [0.15, 0.2) is 59.5 Å². The third-order valence-electron chi connectivity index (χ3n) is 4.56. The number of aliphatic hydroxyl groups excluding tert-OH is 1. The zero-order valence-electron chi connectivity index (χ0n) is 14.3. The summed E-state index contributed by atoms with van der Waals surface area (Å²) >= 11 is 0. The lowest BCUT2D eigenvalue weighted by Crippen LogP contribution is -2.40. The Bertz CT molecular complexity index is 868. The molecule has 1 fully saturated rings. The number of nitrogens with zero attached hydrogens (tertiary/aromatic N) is 1. The third kappa shape index (κ3) is 4.05. The molecule has 0 unspecified atom stereocenters. The fraction of sp³-hybridized carbons (Fsp3) is 0.316. The quantitative estimate of drug-likeness (QED) is 0.842. The van der Waals surface area contributed by atoms with Gasteiger partial charge in [0.25, 0.3) is 0 Å². The van der Waals surface area contributed by atoms with Gasteiger partial charge in [0.15, 0.2) is 9.84 Å². The van der Waals surface area contributed by atoms with E-state index in [0.717, 1.165) is 12.8 Å². The Morgan fingerprint density at radius 3 is 2.54 bits per heavy atom. The van der Waals surface area contributed by atoms with E-state index in [1.807, 2.05) is 0 Å². The van der Waals surface area contributed by atoms with Crippen molar-refractivity contribution in [2.75, 3.05) is 18.5 Å². The molecule has 2 aromatic rings. The second kappa shape index (κ2) is 7.88. The van der Waals surface area contributed by atoms with Gasteiger partial charge in [0.2, 0.25) is 0 Å². The first-order valence-corrected chi connectivity index (χ1v) is 10.2. The van der Waals surface area contributed by atoms with Gasteiger partial charge in [-0.15, -0.1) is 0 Å². The summed E-state index contributed by atoms with van der Waals surface area (Å²) in [6.45, 7) is 0.513. The van der Waals surface area contributed by atoms with Crippen molar-refractivity contribution in [3.8, 4) is 0 Å². The van der Waals surface area contributed by atoms with Crippen molar-refractivity contribution in [2.45, 2.75) is 29.5 Å². The number of para-hydroxylation sites is 1. The van der Waals surface area contributed by atoms with E-state index in [0.29, 0.717) is 17.8 Å². The molecule has 0 bridgehead atoms. The van der Waals surface area contributed by atoms with E-state index in [-0.39, 0.29) is 29.3 Å². The average Bonchev–Trinajstić information content (AvgIpc) is 3.13. The fourth-order valence-corrected chi connectivity index (χ4v) is 4.56. The molecule has 1 saturated heterocycles. The molecule has 2 N–H and O–H groups in total. The summed E-state index contributed by atoms with van der Waals surface area (Å²) in [5, 5.41) is 12.2. The fourth-order valence-electron chi connectivity index (χ4n) is 3.16. The first-order chi connectivity index (χ1) is 12.5. The molecule has 2 amide bonds. The highest BCUT2D eigenvalue weighted by Gasteiger charge is 2.28. The van der Waals surface area contributed by atoms with E-state index < -0.39 is 9.84 Å². The highest BCUT2D eigenvalue weighted by atomic mass is 32.2. The topological polar surface area (TPSA) is 86.7 Å². The van der Waals surface area contributed by atoms with Gasteiger partial charge >= 0.3 is 6.03 Å². The number of nitrogens with one attached hydrogen (secondary N) is 1. The Balaban J connectivity index is 1.79. The number of carbonyl (C=O) groups excluding carboxylic acids is 1. The van der Waals surface area contributed by atoms with Crippen LogP contribution in [0.1, 0.15) is 18.4 Å². The van der Waals surface area contributed by atoms with Crippen molar-refractivity contribution in [1.29, 1.82) is 0 Å². The number of hydrogen-bond acceptors (Lipinski definition) is 4. The van der Waals surface area contributed by atoms with Gasteiger partial charge in [0.1, 0.15) is 0 Å². The minimum Gasteiger partial charge on any atom is -0.394 e. The summed E-state index contributed by atoms with van der Waals surface area (Å²) in [6.07, 6.45) is 1.62. The molecule has 0 spiro atoms. The molecule has 1 heterocycles. The van der Waals surface area contributed by atoms with E-state index in [1.54, 1.807) is 59.5 Å². The van der Waals surface area contributed by atoms with E-state index in [9.17, 15) is 18.3 Å². The normalized spacial score (nSPS) is 17.3. The molecule has 0 saturated carbocycles. The van der Waals surface area contributed by atoms with Crippen LogP contribution in [-0.4, -0.2) is 43.6 Å². The SMILES string of the molecule is O=C(Nc1ccccc1CS(=O)(=O)c1ccccc1)N1CCC[C@@H]1CO. The summed E-state index contributed by atoms with van der Waals surface area (Å²) in [4.78, 5) is 14.4. The number of carbonyl (C=O) groups is 1. The molecular formula is C19H22N2O4S. The molecule has 1 atom stereocenters. The van der Waals surface area contributed by atoms with Crippen LogP contribution in [0.4, 0.5) is 10.5 Å². The molecule has 6 nitrogen and oxygen atoms in total. The minimum atomic E-state index is -3.51. The molecule has 138 valence electrons. The summed E-state index contributed by atoms with van der Waals surface area (Å²) in [5.41, 5.74) is 1.00. The van der Waals surface area contributed by atoms with Crippen LogP contribution in [0.2, 0.25) is 0 Å². The van der Waals surface area contributed by atoms with E-state index >= 15 is 0 Å². The van der Waals surface area contributed by atoms with Gasteiger partial charge in [-0.3, -0.25) is 0 Å². The Morgan fingerprint density at radius 2 is 1.81 bits per heavy atom. The number of amides is 2. The number of urea groups is 1. The van der Waals surface area contributed by atoms with E-state index in [1.165, 1.54) is 0 Å². The first kappa shape index (κ1) is 18.4. The van der Waals surface area contributed by atoms with Gasteiger partial charge in [-0.05, 0) is 36.6 Å². The molecular weight excluding hydrogens is 352 g/mol. The number of hydrogen-bond donors (Lipinski definition) is 2. The van der Waals surface area contributed by atoms with Crippen molar-refractivity contribution in [1.82, 2.24) is 4.90 Å². The van der Waals surface area contributed by atoms with Crippen LogP contribution in [0.3, 0.4) is 0 Å². The van der Waals surface area contributed by atoms with Crippen LogP contribution >= 0.6 is 0 Å². The smallest absolute Gasteiger partial charge is 0.322 e.